The molecule has 1 aromatic heterocycles. The minimum Gasteiger partial charge on any atom is -0.394 e. The van der Waals surface area contributed by atoms with Gasteiger partial charge in [-0.2, -0.15) is 4.98 Å². The summed E-state index contributed by atoms with van der Waals surface area (Å²) in [7, 11) is 3.81. The number of hydrogen-bond donors (Lipinski definition) is 2. The van der Waals surface area contributed by atoms with E-state index in [2.05, 4.69) is 15.3 Å². The Morgan fingerprint density at radius 3 is 2.52 bits per heavy atom. The zero-order valence-corrected chi connectivity index (χ0v) is 12.3. The molecule has 0 saturated heterocycles. The van der Waals surface area contributed by atoms with Crippen molar-refractivity contribution >= 4 is 11.8 Å². The van der Waals surface area contributed by atoms with Crippen LogP contribution in [0.4, 0.5) is 16.2 Å². The van der Waals surface area contributed by atoms with Crippen LogP contribution in [0.2, 0.25) is 0 Å². The summed E-state index contributed by atoms with van der Waals surface area (Å²) in [5, 5.41) is 12.6. The number of anilines is 2. The number of nitrogens with zero attached hydrogens (tertiary/aromatic N) is 3. The lowest BCUT2D eigenvalue weighted by Crippen LogP contribution is -2.19. The quantitative estimate of drug-likeness (QED) is 0.883. The van der Waals surface area contributed by atoms with E-state index >= 15 is 0 Å². The lowest BCUT2D eigenvalue weighted by molar-refractivity contribution is 0.276. The maximum atomic E-state index is 13.0. The van der Waals surface area contributed by atoms with Crippen LogP contribution < -0.4 is 10.2 Å². The summed E-state index contributed by atoms with van der Waals surface area (Å²) in [6.07, 6.45) is 1.73. The van der Waals surface area contributed by atoms with Crippen LogP contribution in [0, 0.1) is 12.7 Å². The third-order valence-corrected chi connectivity index (χ3v) is 3.13. The van der Waals surface area contributed by atoms with Crippen LogP contribution in [0.5, 0.6) is 0 Å². The molecule has 0 radical (unpaired) electrons. The average Bonchev–Trinajstić information content (AvgIpc) is 2.47. The molecule has 2 N–H and O–H groups in total. The number of aryl methyl sites for hydroxylation is 1. The molecule has 1 unspecified atom stereocenters. The first-order valence-corrected chi connectivity index (χ1v) is 6.65. The van der Waals surface area contributed by atoms with Crippen molar-refractivity contribution in [3.05, 3.63) is 47.4 Å². The highest BCUT2D eigenvalue weighted by molar-refractivity contribution is 5.48. The number of benzene rings is 1. The van der Waals surface area contributed by atoms with Crippen LogP contribution in [0.3, 0.4) is 0 Å². The summed E-state index contributed by atoms with van der Waals surface area (Å²) in [5.74, 6) is 0.924. The monoisotopic (exact) mass is 290 g/mol. The standard InChI is InChI=1S/C15H19FN4O/c1-10-8-17-15(19-14(10)20(2)3)18-13(9-21)11-4-6-12(16)7-5-11/h4-8,13,21H,9H2,1-3H3,(H,17,18,19). The maximum Gasteiger partial charge on any atom is 0.225 e. The fraction of sp³-hybridized carbons (Fsp3) is 0.333. The molecule has 2 aromatic rings. The Morgan fingerprint density at radius 1 is 1.29 bits per heavy atom. The first-order valence-electron chi connectivity index (χ1n) is 6.65. The van der Waals surface area contributed by atoms with Crippen LogP contribution in [0.25, 0.3) is 0 Å². The van der Waals surface area contributed by atoms with Crippen LogP contribution in [0.1, 0.15) is 17.2 Å². The second kappa shape index (κ2) is 6.49. The molecule has 0 aliphatic rings. The molecule has 0 aliphatic heterocycles. The van der Waals surface area contributed by atoms with E-state index < -0.39 is 0 Å². The predicted octanol–water partition coefficient (Wildman–Crippen LogP) is 2.14. The van der Waals surface area contributed by atoms with Crippen LogP contribution in [0.15, 0.2) is 30.5 Å². The van der Waals surface area contributed by atoms with Crippen molar-refractivity contribution in [3.63, 3.8) is 0 Å². The van der Waals surface area contributed by atoms with Gasteiger partial charge in [-0.1, -0.05) is 12.1 Å². The van der Waals surface area contributed by atoms with Crippen LogP contribution in [-0.4, -0.2) is 35.8 Å². The Labute approximate surface area is 123 Å². The van der Waals surface area contributed by atoms with E-state index in [1.54, 1.807) is 18.3 Å². The molecule has 1 atom stereocenters. The van der Waals surface area contributed by atoms with E-state index in [-0.39, 0.29) is 18.5 Å². The highest BCUT2D eigenvalue weighted by Crippen LogP contribution is 2.20. The molecular formula is C15H19FN4O. The summed E-state index contributed by atoms with van der Waals surface area (Å²) >= 11 is 0. The molecule has 5 nitrogen and oxygen atoms in total. The van der Waals surface area contributed by atoms with Gasteiger partial charge < -0.3 is 15.3 Å². The number of halogens is 1. The molecular weight excluding hydrogens is 271 g/mol. The van der Waals surface area contributed by atoms with Gasteiger partial charge in [-0.05, 0) is 24.6 Å². The third kappa shape index (κ3) is 3.66. The Kier molecular flexibility index (Phi) is 4.70. The van der Waals surface area contributed by atoms with Gasteiger partial charge in [-0.25, -0.2) is 9.37 Å². The van der Waals surface area contributed by atoms with Gasteiger partial charge >= 0.3 is 0 Å². The van der Waals surface area contributed by atoms with E-state index in [9.17, 15) is 9.50 Å². The number of aliphatic hydroxyl groups excluding tert-OH is 1. The van der Waals surface area contributed by atoms with Gasteiger partial charge in [-0.15, -0.1) is 0 Å². The van der Waals surface area contributed by atoms with Gasteiger partial charge in [0.25, 0.3) is 0 Å². The molecule has 1 heterocycles. The van der Waals surface area contributed by atoms with Gasteiger partial charge in [0.05, 0.1) is 12.6 Å². The van der Waals surface area contributed by atoms with Gasteiger partial charge in [-0.3, -0.25) is 0 Å². The predicted molar refractivity (Wildman–Crippen MR) is 80.9 cm³/mol. The van der Waals surface area contributed by atoms with E-state index in [1.165, 1.54) is 12.1 Å². The number of nitrogens with one attached hydrogen (secondary N) is 1. The first-order chi connectivity index (χ1) is 10.0. The normalized spacial score (nSPS) is 12.0. The molecule has 6 heteroatoms. The van der Waals surface area contributed by atoms with E-state index in [0.29, 0.717) is 5.95 Å². The number of aromatic nitrogens is 2. The lowest BCUT2D eigenvalue weighted by Gasteiger charge is -2.19. The molecule has 0 saturated carbocycles. The van der Waals surface area contributed by atoms with Gasteiger partial charge in [0.2, 0.25) is 5.95 Å². The Bertz CT molecular complexity index is 601. The third-order valence-electron chi connectivity index (χ3n) is 3.13. The molecule has 21 heavy (non-hydrogen) atoms. The topological polar surface area (TPSA) is 61.3 Å². The van der Waals surface area contributed by atoms with Crippen molar-refractivity contribution < 1.29 is 9.50 Å². The van der Waals surface area contributed by atoms with Crippen molar-refractivity contribution in [1.82, 2.24) is 9.97 Å². The summed E-state index contributed by atoms with van der Waals surface area (Å²) in [6, 6.07) is 5.60. The molecule has 0 spiro atoms. The van der Waals surface area contributed by atoms with E-state index in [4.69, 9.17) is 0 Å². The number of hydrogen-bond acceptors (Lipinski definition) is 5. The average molecular weight is 290 g/mol. The molecule has 0 amide bonds. The summed E-state index contributed by atoms with van der Waals surface area (Å²) in [5.41, 5.74) is 1.74. The zero-order valence-electron chi connectivity index (χ0n) is 12.3. The highest BCUT2D eigenvalue weighted by atomic mass is 19.1. The zero-order chi connectivity index (χ0) is 15.4. The van der Waals surface area contributed by atoms with Crippen molar-refractivity contribution in [2.24, 2.45) is 0 Å². The van der Waals surface area contributed by atoms with Crippen molar-refractivity contribution in [1.29, 1.82) is 0 Å². The van der Waals surface area contributed by atoms with Crippen molar-refractivity contribution in [2.45, 2.75) is 13.0 Å². The molecule has 0 fully saturated rings. The van der Waals surface area contributed by atoms with E-state index in [0.717, 1.165) is 16.9 Å². The number of rotatable bonds is 5. The SMILES string of the molecule is Cc1cnc(NC(CO)c2ccc(F)cc2)nc1N(C)C. The van der Waals surface area contributed by atoms with E-state index in [1.807, 2.05) is 25.9 Å². The molecule has 112 valence electrons. The Morgan fingerprint density at radius 2 is 1.95 bits per heavy atom. The summed E-state index contributed by atoms with van der Waals surface area (Å²) in [4.78, 5) is 10.5. The summed E-state index contributed by atoms with van der Waals surface area (Å²) < 4.78 is 13.0. The molecule has 1 aromatic carbocycles. The smallest absolute Gasteiger partial charge is 0.225 e. The highest BCUT2D eigenvalue weighted by Gasteiger charge is 2.13. The minimum atomic E-state index is -0.386. The minimum absolute atomic E-state index is 0.139. The fourth-order valence-corrected chi connectivity index (χ4v) is 2.04. The van der Waals surface area contributed by atoms with Crippen molar-refractivity contribution in [2.75, 3.05) is 30.9 Å². The van der Waals surface area contributed by atoms with Crippen LogP contribution in [-0.2, 0) is 0 Å². The van der Waals surface area contributed by atoms with Crippen molar-refractivity contribution in [3.8, 4) is 0 Å². The first kappa shape index (κ1) is 15.2. The van der Waals surface area contributed by atoms with Gasteiger partial charge in [0, 0.05) is 25.9 Å². The van der Waals surface area contributed by atoms with Gasteiger partial charge in [0.1, 0.15) is 11.6 Å². The summed E-state index contributed by atoms with van der Waals surface area (Å²) in [6.45, 7) is 1.79. The largest absolute Gasteiger partial charge is 0.394 e. The molecule has 0 bridgehead atoms. The molecule has 0 aliphatic carbocycles. The lowest BCUT2D eigenvalue weighted by atomic mass is 10.1. The second-order valence-electron chi connectivity index (χ2n) is 5.03. The Balaban J connectivity index is 2.22. The second-order valence-corrected chi connectivity index (χ2v) is 5.03. The molecule has 2 rings (SSSR count). The van der Waals surface area contributed by atoms with Gasteiger partial charge in [0.15, 0.2) is 0 Å². The maximum absolute atomic E-state index is 13.0. The van der Waals surface area contributed by atoms with Crippen LogP contribution >= 0.6 is 0 Å². The fourth-order valence-electron chi connectivity index (χ4n) is 2.04. The Hall–Kier alpha value is -2.21. The number of aliphatic hydroxyl groups is 1.